The third kappa shape index (κ3) is 5.84. The Labute approximate surface area is 211 Å². The van der Waals surface area contributed by atoms with Gasteiger partial charge in [0.1, 0.15) is 5.82 Å². The molecule has 1 aliphatic rings. The van der Waals surface area contributed by atoms with Crippen molar-refractivity contribution in [2.45, 2.75) is 0 Å². The maximum Gasteiger partial charge on any atom is 0.275 e. The summed E-state index contributed by atoms with van der Waals surface area (Å²) in [4.78, 5) is 34.4. The van der Waals surface area contributed by atoms with Crippen molar-refractivity contribution in [1.82, 2.24) is 24.8 Å². The van der Waals surface area contributed by atoms with Crippen LogP contribution in [-0.4, -0.2) is 64.0 Å². The van der Waals surface area contributed by atoms with Gasteiger partial charge in [-0.25, -0.2) is 15.0 Å². The molecule has 5 rings (SSSR count). The van der Waals surface area contributed by atoms with Crippen molar-refractivity contribution in [2.24, 2.45) is 0 Å². The molecule has 37 heavy (non-hydrogen) atoms. The average molecular weight is 503 g/mol. The van der Waals surface area contributed by atoms with Crippen molar-refractivity contribution in [3.8, 4) is 11.3 Å². The van der Waals surface area contributed by atoms with Crippen LogP contribution in [0.15, 0.2) is 73.2 Å². The number of hydrogen-bond acceptors (Lipinski definition) is 8. The number of aromatic nitrogens is 4. The molecule has 0 radical (unpaired) electrons. The van der Waals surface area contributed by atoms with E-state index < -0.39 is 12.0 Å². The molecule has 4 heterocycles. The largest absolute Gasteiger partial charge is 0.354 e. The van der Waals surface area contributed by atoms with Gasteiger partial charge in [0.2, 0.25) is 5.95 Å². The summed E-state index contributed by atoms with van der Waals surface area (Å²) in [6.07, 6.45) is 3.13. The second kappa shape index (κ2) is 10.6. The van der Waals surface area contributed by atoms with E-state index in [1.165, 1.54) is 12.3 Å². The van der Waals surface area contributed by atoms with Crippen molar-refractivity contribution in [1.29, 1.82) is 0 Å². The number of likely N-dealkylation sites (N-methyl/N-ethyl adjacent to an activating group) is 1. The quantitative estimate of drug-likeness (QED) is 0.377. The van der Waals surface area contributed by atoms with Gasteiger partial charge in [0.15, 0.2) is 0 Å². The van der Waals surface area contributed by atoms with Gasteiger partial charge in [-0.3, -0.25) is 9.78 Å². The number of carbonyl (C=O) groups excluding carboxylic acids is 1. The lowest BCUT2D eigenvalue weighted by molar-refractivity contribution is -0.112. The number of amides is 1. The summed E-state index contributed by atoms with van der Waals surface area (Å²) >= 11 is 0. The van der Waals surface area contributed by atoms with Crippen LogP contribution >= 0.6 is 0 Å². The monoisotopic (exact) mass is 502 g/mol. The van der Waals surface area contributed by atoms with E-state index in [2.05, 4.69) is 42.4 Å². The molecule has 9 nitrogen and oxygen atoms in total. The lowest BCUT2D eigenvalue weighted by Crippen LogP contribution is -2.44. The van der Waals surface area contributed by atoms with Gasteiger partial charge in [-0.05, 0) is 31.3 Å². The second-order valence-corrected chi connectivity index (χ2v) is 8.61. The molecule has 1 aliphatic heterocycles. The Morgan fingerprint density at radius 2 is 1.81 bits per heavy atom. The van der Waals surface area contributed by atoms with Crippen molar-refractivity contribution in [3.63, 3.8) is 0 Å². The van der Waals surface area contributed by atoms with Gasteiger partial charge in [-0.2, -0.15) is 8.78 Å². The fraction of sp³-hybridized carbons (Fsp3) is 0.192. The SMILES string of the molecule is CN1CCN(c2ccc(Nc3ncc4cccc(-c5cc(NC(=O)C=C(F)F)ccn5)c4n3)cn2)CC1. The van der Waals surface area contributed by atoms with E-state index in [0.29, 0.717) is 28.4 Å². The number of para-hydroxylation sites is 1. The first kappa shape index (κ1) is 24.2. The van der Waals surface area contributed by atoms with Crippen LogP contribution in [-0.2, 0) is 4.79 Å². The minimum Gasteiger partial charge on any atom is -0.354 e. The first-order valence-electron chi connectivity index (χ1n) is 11.7. The van der Waals surface area contributed by atoms with Crippen molar-refractivity contribution in [3.05, 3.63) is 73.2 Å². The molecule has 1 fully saturated rings. The van der Waals surface area contributed by atoms with E-state index in [1.807, 2.05) is 30.3 Å². The molecule has 188 valence electrons. The molecule has 4 aromatic rings. The highest BCUT2D eigenvalue weighted by Gasteiger charge is 2.15. The Bertz CT molecular complexity index is 1450. The highest BCUT2D eigenvalue weighted by atomic mass is 19.3. The van der Waals surface area contributed by atoms with Gasteiger partial charge in [-0.1, -0.05) is 18.2 Å². The van der Waals surface area contributed by atoms with E-state index in [0.717, 1.165) is 43.1 Å². The zero-order chi connectivity index (χ0) is 25.8. The summed E-state index contributed by atoms with van der Waals surface area (Å²) in [5.74, 6) is 0.404. The second-order valence-electron chi connectivity index (χ2n) is 8.61. The third-order valence-electron chi connectivity index (χ3n) is 5.99. The number of fused-ring (bicyclic) bond motifs is 1. The number of halogens is 2. The normalized spacial score (nSPS) is 13.9. The molecule has 0 saturated carbocycles. The van der Waals surface area contributed by atoms with Gasteiger partial charge in [0.25, 0.3) is 12.0 Å². The molecule has 1 amide bonds. The van der Waals surface area contributed by atoms with Crippen LogP contribution < -0.4 is 15.5 Å². The maximum absolute atomic E-state index is 12.4. The van der Waals surface area contributed by atoms with Gasteiger partial charge in [0.05, 0.1) is 29.2 Å². The van der Waals surface area contributed by atoms with E-state index in [-0.39, 0.29) is 6.08 Å². The molecular weight excluding hydrogens is 478 g/mol. The molecule has 1 saturated heterocycles. The predicted molar refractivity (Wildman–Crippen MR) is 139 cm³/mol. The number of anilines is 4. The lowest BCUT2D eigenvalue weighted by Gasteiger charge is -2.33. The summed E-state index contributed by atoms with van der Waals surface area (Å²) in [5.41, 5.74) is 2.97. The fourth-order valence-electron chi connectivity index (χ4n) is 4.07. The zero-order valence-corrected chi connectivity index (χ0v) is 20.0. The van der Waals surface area contributed by atoms with Gasteiger partial charge in [-0.15, -0.1) is 0 Å². The van der Waals surface area contributed by atoms with Crippen LogP contribution in [0.3, 0.4) is 0 Å². The summed E-state index contributed by atoms with van der Waals surface area (Å²) < 4.78 is 24.8. The molecular formula is C26H24F2N8O. The standard InChI is InChI=1S/C26H24F2N8O/c1-35-9-11-36(12-10-35)23-6-5-19(16-30-23)33-26-31-15-17-3-2-4-20(25(17)34-26)21-13-18(7-8-29-21)32-24(37)14-22(27)28/h2-8,13-16H,9-12H2,1H3,(H,29,32,37)(H,31,33,34). The third-order valence-corrected chi connectivity index (χ3v) is 5.99. The van der Waals surface area contributed by atoms with Crippen LogP contribution in [0.5, 0.6) is 0 Å². The van der Waals surface area contributed by atoms with E-state index >= 15 is 0 Å². The van der Waals surface area contributed by atoms with Crippen molar-refractivity contribution < 1.29 is 13.6 Å². The van der Waals surface area contributed by atoms with Gasteiger partial charge in [0, 0.05) is 55.2 Å². The van der Waals surface area contributed by atoms with Crippen LogP contribution in [0.2, 0.25) is 0 Å². The topological polar surface area (TPSA) is 99.2 Å². The Morgan fingerprint density at radius 1 is 0.973 bits per heavy atom. The number of benzene rings is 1. The summed E-state index contributed by atoms with van der Waals surface area (Å²) in [5, 5.41) is 6.41. The van der Waals surface area contributed by atoms with E-state index in [4.69, 9.17) is 4.98 Å². The number of carbonyl (C=O) groups is 1. The maximum atomic E-state index is 12.4. The molecule has 2 N–H and O–H groups in total. The predicted octanol–water partition coefficient (Wildman–Crippen LogP) is 4.30. The van der Waals surface area contributed by atoms with Crippen LogP contribution in [0.25, 0.3) is 22.2 Å². The Hall–Kier alpha value is -4.51. The molecule has 0 atom stereocenters. The Morgan fingerprint density at radius 3 is 2.57 bits per heavy atom. The van der Waals surface area contributed by atoms with Crippen LogP contribution in [0, 0.1) is 0 Å². The number of nitrogens with one attached hydrogen (secondary N) is 2. The summed E-state index contributed by atoms with van der Waals surface area (Å²) in [7, 11) is 2.12. The van der Waals surface area contributed by atoms with Crippen molar-refractivity contribution >= 4 is 40.0 Å². The molecule has 0 spiro atoms. The molecule has 0 aliphatic carbocycles. The van der Waals surface area contributed by atoms with Crippen molar-refractivity contribution in [2.75, 3.05) is 48.8 Å². The molecule has 3 aromatic heterocycles. The number of piperazine rings is 1. The fourth-order valence-corrected chi connectivity index (χ4v) is 4.07. The summed E-state index contributed by atoms with van der Waals surface area (Å²) in [6.45, 7) is 3.89. The van der Waals surface area contributed by atoms with Crippen LogP contribution in [0.1, 0.15) is 0 Å². The minimum atomic E-state index is -2.07. The molecule has 0 unspecified atom stereocenters. The van der Waals surface area contributed by atoms with Gasteiger partial charge >= 0.3 is 0 Å². The Balaban J connectivity index is 1.38. The first-order chi connectivity index (χ1) is 17.9. The number of hydrogen-bond donors (Lipinski definition) is 2. The molecule has 1 aromatic carbocycles. The van der Waals surface area contributed by atoms with E-state index in [1.54, 1.807) is 18.5 Å². The molecule has 11 heteroatoms. The minimum absolute atomic E-state index is 0.232. The van der Waals surface area contributed by atoms with Crippen LogP contribution in [0.4, 0.5) is 31.9 Å². The number of pyridine rings is 2. The van der Waals surface area contributed by atoms with Gasteiger partial charge < -0.3 is 20.4 Å². The number of rotatable bonds is 6. The summed E-state index contributed by atoms with van der Waals surface area (Å²) in [6, 6.07) is 12.6. The number of nitrogens with zero attached hydrogens (tertiary/aromatic N) is 6. The first-order valence-corrected chi connectivity index (χ1v) is 11.7. The Kier molecular flexibility index (Phi) is 6.95. The highest BCUT2D eigenvalue weighted by Crippen LogP contribution is 2.28. The van der Waals surface area contributed by atoms with E-state index in [9.17, 15) is 13.6 Å². The highest BCUT2D eigenvalue weighted by molar-refractivity contribution is 6.00. The zero-order valence-electron chi connectivity index (χ0n) is 20.0. The molecule has 0 bridgehead atoms. The smallest absolute Gasteiger partial charge is 0.275 e. The lowest BCUT2D eigenvalue weighted by atomic mass is 10.1. The average Bonchev–Trinajstić information content (AvgIpc) is 2.89.